The van der Waals surface area contributed by atoms with E-state index in [9.17, 15) is 13.2 Å². The summed E-state index contributed by atoms with van der Waals surface area (Å²) in [4.78, 5) is 8.63. The fourth-order valence-electron chi connectivity index (χ4n) is 2.89. The number of halogens is 3. The van der Waals surface area contributed by atoms with Crippen molar-refractivity contribution in [3.8, 4) is 0 Å². The second-order valence-corrected chi connectivity index (χ2v) is 6.05. The molecule has 0 saturated heterocycles. The Kier molecular flexibility index (Phi) is 4.87. The van der Waals surface area contributed by atoms with Crippen LogP contribution >= 0.6 is 0 Å². The maximum atomic E-state index is 13.8. The SMILES string of the molecule is Cc1cc(Nc2ccc(F)c(F)c2F)nc(NC2CCCCC2)n1. The van der Waals surface area contributed by atoms with Gasteiger partial charge in [0.2, 0.25) is 5.95 Å². The molecule has 2 aromatic rings. The minimum Gasteiger partial charge on any atom is -0.351 e. The molecular weight excluding hydrogens is 317 g/mol. The van der Waals surface area contributed by atoms with Crippen LogP contribution in [0.2, 0.25) is 0 Å². The van der Waals surface area contributed by atoms with Crippen LogP contribution in [0.3, 0.4) is 0 Å². The van der Waals surface area contributed by atoms with E-state index in [0.29, 0.717) is 23.5 Å². The third kappa shape index (κ3) is 3.77. The average molecular weight is 336 g/mol. The monoisotopic (exact) mass is 336 g/mol. The Balaban J connectivity index is 1.79. The fraction of sp³-hybridized carbons (Fsp3) is 0.412. The summed E-state index contributed by atoms with van der Waals surface area (Å²) < 4.78 is 40.1. The van der Waals surface area contributed by atoms with Crippen molar-refractivity contribution in [2.45, 2.75) is 45.1 Å². The van der Waals surface area contributed by atoms with E-state index in [4.69, 9.17) is 0 Å². The van der Waals surface area contributed by atoms with Crippen LogP contribution in [-0.4, -0.2) is 16.0 Å². The zero-order valence-corrected chi connectivity index (χ0v) is 13.4. The normalized spacial score (nSPS) is 15.3. The third-order valence-corrected chi connectivity index (χ3v) is 4.09. The van der Waals surface area contributed by atoms with Gasteiger partial charge in [0.1, 0.15) is 5.82 Å². The topological polar surface area (TPSA) is 49.8 Å². The number of hydrogen-bond acceptors (Lipinski definition) is 4. The Morgan fingerprint density at radius 2 is 1.75 bits per heavy atom. The van der Waals surface area contributed by atoms with Crippen LogP contribution in [0.4, 0.5) is 30.6 Å². The highest BCUT2D eigenvalue weighted by Gasteiger charge is 2.16. The molecule has 128 valence electrons. The van der Waals surface area contributed by atoms with Crippen LogP contribution in [0.25, 0.3) is 0 Å². The van der Waals surface area contributed by atoms with Gasteiger partial charge in [-0.1, -0.05) is 19.3 Å². The predicted octanol–water partition coefficient (Wildman–Crippen LogP) is 4.69. The van der Waals surface area contributed by atoms with Crippen molar-refractivity contribution in [3.05, 3.63) is 41.3 Å². The van der Waals surface area contributed by atoms with Crippen molar-refractivity contribution >= 4 is 17.5 Å². The van der Waals surface area contributed by atoms with Crippen molar-refractivity contribution in [1.82, 2.24) is 9.97 Å². The van der Waals surface area contributed by atoms with Gasteiger partial charge in [-0.25, -0.2) is 18.2 Å². The molecule has 1 aromatic carbocycles. The minimum atomic E-state index is -1.51. The summed E-state index contributed by atoms with van der Waals surface area (Å²) >= 11 is 0. The smallest absolute Gasteiger partial charge is 0.225 e. The number of anilines is 3. The largest absolute Gasteiger partial charge is 0.351 e. The van der Waals surface area contributed by atoms with Gasteiger partial charge in [-0.3, -0.25) is 0 Å². The molecule has 1 aliphatic carbocycles. The number of rotatable bonds is 4. The molecule has 0 unspecified atom stereocenters. The Hall–Kier alpha value is -2.31. The van der Waals surface area contributed by atoms with Crippen LogP contribution < -0.4 is 10.6 Å². The van der Waals surface area contributed by atoms with E-state index in [-0.39, 0.29) is 5.69 Å². The summed E-state index contributed by atoms with van der Waals surface area (Å²) in [6.45, 7) is 1.79. The van der Waals surface area contributed by atoms with Gasteiger partial charge in [-0.15, -0.1) is 0 Å². The summed E-state index contributed by atoms with van der Waals surface area (Å²) in [7, 11) is 0. The predicted molar refractivity (Wildman–Crippen MR) is 86.9 cm³/mol. The number of aromatic nitrogens is 2. The number of hydrogen-bond donors (Lipinski definition) is 2. The van der Waals surface area contributed by atoms with Crippen LogP contribution in [0.15, 0.2) is 18.2 Å². The molecule has 0 atom stereocenters. The molecule has 1 aromatic heterocycles. The number of nitrogens with zero attached hydrogens (tertiary/aromatic N) is 2. The van der Waals surface area contributed by atoms with Gasteiger partial charge in [-0.05, 0) is 31.9 Å². The lowest BCUT2D eigenvalue weighted by molar-refractivity contribution is 0.449. The van der Waals surface area contributed by atoms with E-state index in [1.807, 2.05) is 0 Å². The molecule has 1 heterocycles. The first kappa shape index (κ1) is 16.5. The Labute approximate surface area is 138 Å². The van der Waals surface area contributed by atoms with Crippen molar-refractivity contribution in [1.29, 1.82) is 0 Å². The van der Waals surface area contributed by atoms with Gasteiger partial charge in [0.05, 0.1) is 5.69 Å². The van der Waals surface area contributed by atoms with E-state index in [0.717, 1.165) is 25.0 Å². The zero-order valence-electron chi connectivity index (χ0n) is 13.4. The van der Waals surface area contributed by atoms with Gasteiger partial charge in [-0.2, -0.15) is 4.98 Å². The van der Waals surface area contributed by atoms with Gasteiger partial charge < -0.3 is 10.6 Å². The Morgan fingerprint density at radius 1 is 1.00 bits per heavy atom. The quantitative estimate of drug-likeness (QED) is 0.795. The highest BCUT2D eigenvalue weighted by Crippen LogP contribution is 2.25. The maximum absolute atomic E-state index is 13.8. The number of aryl methyl sites for hydroxylation is 1. The molecule has 0 aliphatic heterocycles. The van der Waals surface area contributed by atoms with Crippen LogP contribution in [0.1, 0.15) is 37.8 Å². The average Bonchev–Trinajstić information content (AvgIpc) is 2.56. The van der Waals surface area contributed by atoms with Crippen molar-refractivity contribution in [2.24, 2.45) is 0 Å². The Bertz CT molecular complexity index is 730. The van der Waals surface area contributed by atoms with Crippen LogP contribution in [0.5, 0.6) is 0 Å². The van der Waals surface area contributed by atoms with Gasteiger partial charge >= 0.3 is 0 Å². The van der Waals surface area contributed by atoms with Crippen LogP contribution in [0, 0.1) is 24.4 Å². The lowest BCUT2D eigenvalue weighted by atomic mass is 9.96. The lowest BCUT2D eigenvalue weighted by Gasteiger charge is -2.23. The van der Waals surface area contributed by atoms with E-state index >= 15 is 0 Å². The van der Waals surface area contributed by atoms with Gasteiger partial charge in [0.25, 0.3) is 0 Å². The number of nitrogens with one attached hydrogen (secondary N) is 2. The van der Waals surface area contributed by atoms with E-state index < -0.39 is 17.5 Å². The molecule has 0 bridgehead atoms. The minimum absolute atomic E-state index is 0.171. The first-order chi connectivity index (χ1) is 11.5. The summed E-state index contributed by atoms with van der Waals surface area (Å²) in [6, 6.07) is 3.95. The third-order valence-electron chi connectivity index (χ3n) is 4.09. The maximum Gasteiger partial charge on any atom is 0.225 e. The molecule has 1 saturated carbocycles. The van der Waals surface area contributed by atoms with E-state index in [1.54, 1.807) is 13.0 Å². The fourth-order valence-corrected chi connectivity index (χ4v) is 2.89. The highest BCUT2D eigenvalue weighted by atomic mass is 19.2. The van der Waals surface area contributed by atoms with Crippen molar-refractivity contribution < 1.29 is 13.2 Å². The molecule has 2 N–H and O–H groups in total. The van der Waals surface area contributed by atoms with Crippen molar-refractivity contribution in [2.75, 3.05) is 10.6 Å². The molecule has 7 heteroatoms. The molecule has 0 spiro atoms. The molecule has 1 fully saturated rings. The molecular formula is C17H19F3N4. The van der Waals surface area contributed by atoms with E-state index in [2.05, 4.69) is 20.6 Å². The zero-order chi connectivity index (χ0) is 17.1. The van der Waals surface area contributed by atoms with Crippen molar-refractivity contribution in [3.63, 3.8) is 0 Å². The molecule has 4 nitrogen and oxygen atoms in total. The number of benzene rings is 1. The molecule has 0 radical (unpaired) electrons. The Morgan fingerprint density at radius 3 is 2.50 bits per heavy atom. The molecule has 1 aliphatic rings. The first-order valence-electron chi connectivity index (χ1n) is 8.05. The van der Waals surface area contributed by atoms with Crippen LogP contribution in [-0.2, 0) is 0 Å². The van der Waals surface area contributed by atoms with E-state index in [1.165, 1.54) is 19.3 Å². The first-order valence-corrected chi connectivity index (χ1v) is 8.05. The summed E-state index contributed by atoms with van der Waals surface area (Å²) in [6.07, 6.45) is 5.73. The summed E-state index contributed by atoms with van der Waals surface area (Å²) in [5.41, 5.74) is 0.518. The molecule has 0 amide bonds. The summed E-state index contributed by atoms with van der Waals surface area (Å²) in [5.74, 6) is -3.23. The molecule has 3 rings (SSSR count). The second kappa shape index (κ2) is 7.07. The van der Waals surface area contributed by atoms with Gasteiger partial charge in [0, 0.05) is 17.8 Å². The molecule has 24 heavy (non-hydrogen) atoms. The highest BCUT2D eigenvalue weighted by molar-refractivity contribution is 5.58. The van der Waals surface area contributed by atoms with Gasteiger partial charge in [0.15, 0.2) is 17.5 Å². The summed E-state index contributed by atoms with van der Waals surface area (Å²) in [5, 5.41) is 5.98. The lowest BCUT2D eigenvalue weighted by Crippen LogP contribution is -2.23. The standard InChI is InChI=1S/C17H19F3N4/c1-10-9-14(23-13-8-7-12(18)15(19)16(13)20)24-17(21-10)22-11-5-3-2-4-6-11/h7-9,11H,2-6H2,1H3,(H2,21,22,23,24). The second-order valence-electron chi connectivity index (χ2n) is 6.05.